The average Bonchev–Trinajstić information content (AvgIpc) is 3.48. The fourth-order valence-electron chi connectivity index (χ4n) is 3.93. The first-order chi connectivity index (χ1) is 15.9. The molecule has 1 amide bonds. The third-order valence-electron chi connectivity index (χ3n) is 5.63. The van der Waals surface area contributed by atoms with Crippen LogP contribution in [0.25, 0.3) is 16.9 Å². The first-order valence-corrected chi connectivity index (χ1v) is 10.5. The van der Waals surface area contributed by atoms with Crippen molar-refractivity contribution in [1.82, 2.24) is 24.4 Å². The number of hydrogen-bond donors (Lipinski definition) is 0. The Bertz CT molecular complexity index is 1260. The Hall–Kier alpha value is -3.66. The second-order valence-corrected chi connectivity index (χ2v) is 7.84. The predicted molar refractivity (Wildman–Crippen MR) is 113 cm³/mol. The summed E-state index contributed by atoms with van der Waals surface area (Å²) in [5, 5.41) is 3.98. The largest absolute Gasteiger partial charge is 0.468 e. The lowest BCUT2D eigenvalue weighted by atomic mass is 10.1. The Morgan fingerprint density at radius 2 is 1.76 bits per heavy atom. The number of aromatic nitrogens is 3. The summed E-state index contributed by atoms with van der Waals surface area (Å²) in [4.78, 5) is 21.1. The molecule has 0 unspecified atom stereocenters. The maximum Gasteiger partial charge on any atom is 0.433 e. The second kappa shape index (κ2) is 8.36. The van der Waals surface area contributed by atoms with E-state index in [1.165, 1.54) is 6.07 Å². The molecule has 1 saturated heterocycles. The highest BCUT2D eigenvalue weighted by Gasteiger charge is 2.36. The first kappa shape index (κ1) is 21.2. The van der Waals surface area contributed by atoms with Crippen molar-refractivity contribution < 1.29 is 22.4 Å². The number of piperazine rings is 1. The van der Waals surface area contributed by atoms with E-state index in [-0.39, 0.29) is 17.0 Å². The molecule has 33 heavy (non-hydrogen) atoms. The number of furan rings is 1. The van der Waals surface area contributed by atoms with Crippen molar-refractivity contribution in [1.29, 1.82) is 0 Å². The minimum atomic E-state index is -4.66. The topological polar surface area (TPSA) is 66.9 Å². The Labute approximate surface area is 187 Å². The maximum absolute atomic E-state index is 13.8. The highest BCUT2D eigenvalue weighted by Crippen LogP contribution is 2.32. The molecule has 1 aliphatic heterocycles. The molecule has 0 saturated carbocycles. The van der Waals surface area contributed by atoms with E-state index in [0.29, 0.717) is 42.8 Å². The van der Waals surface area contributed by atoms with Gasteiger partial charge in [0.15, 0.2) is 17.0 Å². The first-order valence-electron chi connectivity index (χ1n) is 10.5. The number of nitrogens with zero attached hydrogens (tertiary/aromatic N) is 5. The summed E-state index contributed by atoms with van der Waals surface area (Å²) in [7, 11) is 0. The van der Waals surface area contributed by atoms with E-state index in [4.69, 9.17) is 4.42 Å². The molecule has 5 rings (SSSR count). The minimum absolute atomic E-state index is 0.0246. The van der Waals surface area contributed by atoms with Gasteiger partial charge in [-0.2, -0.15) is 18.3 Å². The Balaban J connectivity index is 1.40. The highest BCUT2D eigenvalue weighted by molar-refractivity contribution is 5.93. The summed E-state index contributed by atoms with van der Waals surface area (Å²) < 4.78 is 47.4. The number of carbonyl (C=O) groups is 1. The highest BCUT2D eigenvalue weighted by atomic mass is 19.4. The van der Waals surface area contributed by atoms with Crippen molar-refractivity contribution in [2.24, 2.45) is 0 Å². The number of carbonyl (C=O) groups excluding carboxylic acids is 1. The van der Waals surface area contributed by atoms with E-state index in [2.05, 4.69) is 15.0 Å². The molecule has 7 nitrogen and oxygen atoms in total. The van der Waals surface area contributed by atoms with Crippen LogP contribution in [0.15, 0.2) is 65.3 Å². The molecule has 1 aromatic carbocycles. The van der Waals surface area contributed by atoms with Gasteiger partial charge in [0, 0.05) is 37.8 Å². The van der Waals surface area contributed by atoms with Gasteiger partial charge in [0.25, 0.3) is 5.91 Å². The number of rotatable bonds is 4. The maximum atomic E-state index is 13.8. The molecule has 0 bridgehead atoms. The molecule has 3 aromatic heterocycles. The SMILES string of the molecule is O=C(c1cc2nc(-c3ccccc3)cc(C(F)(F)F)n2n1)N1CCN(Cc2ccco2)CC1. The van der Waals surface area contributed by atoms with E-state index in [1.807, 2.05) is 12.1 Å². The molecule has 4 aromatic rings. The van der Waals surface area contributed by atoms with Gasteiger partial charge in [0.2, 0.25) is 0 Å². The molecule has 170 valence electrons. The third-order valence-corrected chi connectivity index (χ3v) is 5.63. The van der Waals surface area contributed by atoms with E-state index in [0.717, 1.165) is 11.8 Å². The van der Waals surface area contributed by atoms with Crippen LogP contribution in [-0.2, 0) is 12.7 Å². The van der Waals surface area contributed by atoms with Crippen molar-refractivity contribution in [3.8, 4) is 11.3 Å². The molecule has 4 heterocycles. The summed E-state index contributed by atoms with van der Waals surface area (Å²) in [6, 6.07) is 14.6. The quantitative estimate of drug-likeness (QED) is 0.466. The molecule has 0 atom stereocenters. The number of benzene rings is 1. The molecule has 0 spiro atoms. The van der Waals surface area contributed by atoms with Gasteiger partial charge in [-0.25, -0.2) is 9.50 Å². The van der Waals surface area contributed by atoms with Gasteiger partial charge >= 0.3 is 6.18 Å². The molecule has 1 fully saturated rings. The predicted octanol–water partition coefficient (Wildman–Crippen LogP) is 3.97. The van der Waals surface area contributed by atoms with Gasteiger partial charge in [0.1, 0.15) is 5.76 Å². The molecule has 10 heteroatoms. The molecular weight excluding hydrogens is 435 g/mol. The van der Waals surface area contributed by atoms with E-state index < -0.39 is 17.8 Å². The summed E-state index contributed by atoms with van der Waals surface area (Å²) in [6.45, 7) is 2.79. The average molecular weight is 455 g/mol. The Morgan fingerprint density at radius 1 is 1.00 bits per heavy atom. The van der Waals surface area contributed by atoms with Gasteiger partial charge in [-0.3, -0.25) is 9.69 Å². The van der Waals surface area contributed by atoms with Crippen LogP contribution in [0.3, 0.4) is 0 Å². The van der Waals surface area contributed by atoms with Crippen LogP contribution in [0.2, 0.25) is 0 Å². The third kappa shape index (κ3) is 4.34. The standard InChI is InChI=1S/C23H20F3N5O2/c24-23(25,26)20-13-18(16-5-2-1-3-6-16)27-21-14-19(28-31(20)21)22(32)30-10-8-29(9-11-30)15-17-7-4-12-33-17/h1-7,12-14H,8-11,15H2. The molecular formula is C23H20F3N5O2. The van der Waals surface area contributed by atoms with Gasteiger partial charge in [-0.05, 0) is 18.2 Å². The van der Waals surface area contributed by atoms with Gasteiger partial charge < -0.3 is 9.32 Å². The second-order valence-electron chi connectivity index (χ2n) is 7.84. The van der Waals surface area contributed by atoms with Gasteiger partial charge in [0.05, 0.1) is 18.5 Å². The fourth-order valence-corrected chi connectivity index (χ4v) is 3.93. The van der Waals surface area contributed by atoms with E-state index in [9.17, 15) is 18.0 Å². The fraction of sp³-hybridized carbons (Fsp3) is 0.261. The lowest BCUT2D eigenvalue weighted by molar-refractivity contribution is -0.142. The summed E-state index contributed by atoms with van der Waals surface area (Å²) in [5.41, 5.74) is -0.344. The molecule has 0 aliphatic carbocycles. The molecule has 0 N–H and O–H groups in total. The van der Waals surface area contributed by atoms with Crippen LogP contribution in [-0.4, -0.2) is 56.5 Å². The Kier molecular flexibility index (Phi) is 5.37. The van der Waals surface area contributed by atoms with E-state index in [1.54, 1.807) is 41.5 Å². The summed E-state index contributed by atoms with van der Waals surface area (Å²) in [6.07, 6.45) is -3.04. The van der Waals surface area contributed by atoms with Crippen LogP contribution < -0.4 is 0 Å². The van der Waals surface area contributed by atoms with Gasteiger partial charge in [-0.15, -0.1) is 0 Å². The van der Waals surface area contributed by atoms with Crippen LogP contribution in [0.1, 0.15) is 21.9 Å². The lowest BCUT2D eigenvalue weighted by Gasteiger charge is -2.33. The Morgan fingerprint density at radius 3 is 2.42 bits per heavy atom. The smallest absolute Gasteiger partial charge is 0.433 e. The van der Waals surface area contributed by atoms with Crippen LogP contribution in [0.5, 0.6) is 0 Å². The zero-order valence-electron chi connectivity index (χ0n) is 17.5. The number of alkyl halides is 3. The zero-order chi connectivity index (χ0) is 23.0. The number of amides is 1. The monoisotopic (exact) mass is 455 g/mol. The van der Waals surface area contributed by atoms with Crippen molar-refractivity contribution in [2.75, 3.05) is 26.2 Å². The zero-order valence-corrected chi connectivity index (χ0v) is 17.5. The minimum Gasteiger partial charge on any atom is -0.468 e. The van der Waals surface area contributed by atoms with Crippen molar-refractivity contribution in [2.45, 2.75) is 12.7 Å². The van der Waals surface area contributed by atoms with Crippen molar-refractivity contribution >= 4 is 11.6 Å². The molecule has 0 radical (unpaired) electrons. The lowest BCUT2D eigenvalue weighted by Crippen LogP contribution is -2.48. The molecule has 1 aliphatic rings. The number of halogens is 3. The van der Waals surface area contributed by atoms with E-state index >= 15 is 0 Å². The van der Waals surface area contributed by atoms with Crippen LogP contribution >= 0.6 is 0 Å². The normalized spacial score (nSPS) is 15.3. The van der Waals surface area contributed by atoms with Crippen molar-refractivity contribution in [3.63, 3.8) is 0 Å². The number of hydrogen-bond acceptors (Lipinski definition) is 5. The van der Waals surface area contributed by atoms with Crippen molar-refractivity contribution in [3.05, 3.63) is 78.0 Å². The van der Waals surface area contributed by atoms with Gasteiger partial charge in [-0.1, -0.05) is 30.3 Å². The van der Waals surface area contributed by atoms with Crippen LogP contribution in [0.4, 0.5) is 13.2 Å². The summed E-state index contributed by atoms with van der Waals surface area (Å²) >= 11 is 0. The summed E-state index contributed by atoms with van der Waals surface area (Å²) in [5.74, 6) is 0.433. The number of fused-ring (bicyclic) bond motifs is 1. The van der Waals surface area contributed by atoms with Crippen LogP contribution in [0, 0.1) is 0 Å².